The van der Waals surface area contributed by atoms with E-state index in [1.54, 1.807) is 6.20 Å². The fraction of sp³-hybridized carbons (Fsp3) is 0.562. The molecule has 5 nitrogen and oxygen atoms in total. The third-order valence-electron chi connectivity index (χ3n) is 4.28. The second-order valence-electron chi connectivity index (χ2n) is 5.77. The molecule has 0 aromatic carbocycles. The molecule has 1 amide bonds. The molecule has 0 saturated carbocycles. The molecule has 2 aliphatic rings. The van der Waals surface area contributed by atoms with Crippen molar-refractivity contribution in [3.05, 3.63) is 30.5 Å². The molecular formula is C16H22N4O. The van der Waals surface area contributed by atoms with E-state index in [0.717, 1.165) is 51.3 Å². The van der Waals surface area contributed by atoms with Crippen LogP contribution in [-0.4, -0.2) is 47.2 Å². The van der Waals surface area contributed by atoms with Crippen LogP contribution in [0.1, 0.15) is 25.7 Å². The van der Waals surface area contributed by atoms with Gasteiger partial charge in [-0.1, -0.05) is 12.2 Å². The van der Waals surface area contributed by atoms with Gasteiger partial charge in [0.25, 0.3) is 0 Å². The molecule has 112 valence electrons. The summed E-state index contributed by atoms with van der Waals surface area (Å²) in [6.07, 6.45) is 9.98. The van der Waals surface area contributed by atoms with E-state index in [-0.39, 0.29) is 0 Å². The molecule has 1 aliphatic carbocycles. The van der Waals surface area contributed by atoms with Crippen molar-refractivity contribution in [3.63, 3.8) is 0 Å². The molecule has 1 saturated heterocycles. The summed E-state index contributed by atoms with van der Waals surface area (Å²) in [6.45, 7) is 3.41. The SMILES string of the molecule is O=C(CC1C=CCC1)N1CCCN(c2cccnn2)CC1. The van der Waals surface area contributed by atoms with Crippen LogP contribution < -0.4 is 4.90 Å². The number of amides is 1. The predicted molar refractivity (Wildman–Crippen MR) is 81.9 cm³/mol. The summed E-state index contributed by atoms with van der Waals surface area (Å²) in [7, 11) is 0. The van der Waals surface area contributed by atoms with Gasteiger partial charge in [-0.05, 0) is 37.3 Å². The second-order valence-corrected chi connectivity index (χ2v) is 5.77. The molecule has 0 N–H and O–H groups in total. The van der Waals surface area contributed by atoms with Crippen LogP contribution in [0.2, 0.25) is 0 Å². The van der Waals surface area contributed by atoms with Crippen LogP contribution in [0.25, 0.3) is 0 Å². The summed E-state index contributed by atoms with van der Waals surface area (Å²) >= 11 is 0. The van der Waals surface area contributed by atoms with Crippen molar-refractivity contribution in [1.82, 2.24) is 15.1 Å². The molecule has 1 atom stereocenters. The average Bonchev–Trinajstić information content (AvgIpc) is 2.89. The van der Waals surface area contributed by atoms with Crippen molar-refractivity contribution in [2.24, 2.45) is 5.92 Å². The number of hydrogen-bond acceptors (Lipinski definition) is 4. The number of anilines is 1. The Morgan fingerprint density at radius 3 is 3.00 bits per heavy atom. The van der Waals surface area contributed by atoms with Crippen LogP contribution in [0, 0.1) is 5.92 Å². The van der Waals surface area contributed by atoms with Crippen molar-refractivity contribution in [3.8, 4) is 0 Å². The highest BCUT2D eigenvalue weighted by molar-refractivity contribution is 5.76. The standard InChI is InChI=1S/C16H22N4O/c21-16(13-14-5-1-2-6-14)20-10-4-9-19(11-12-20)15-7-3-8-17-18-15/h1,3,5,7-8,14H,2,4,6,9-13H2. The number of nitrogens with zero attached hydrogens (tertiary/aromatic N) is 4. The highest BCUT2D eigenvalue weighted by Gasteiger charge is 2.22. The van der Waals surface area contributed by atoms with Crippen LogP contribution in [0.15, 0.2) is 30.5 Å². The Hall–Kier alpha value is -1.91. The van der Waals surface area contributed by atoms with E-state index in [9.17, 15) is 4.79 Å². The minimum Gasteiger partial charge on any atom is -0.353 e. The Bertz CT molecular complexity index is 502. The van der Waals surface area contributed by atoms with Crippen LogP contribution >= 0.6 is 0 Å². The minimum absolute atomic E-state index is 0.299. The van der Waals surface area contributed by atoms with Gasteiger partial charge in [0.15, 0.2) is 5.82 Å². The number of hydrogen-bond donors (Lipinski definition) is 0. The Kier molecular flexibility index (Phi) is 4.48. The lowest BCUT2D eigenvalue weighted by atomic mass is 10.0. The molecule has 3 rings (SSSR count). The quantitative estimate of drug-likeness (QED) is 0.796. The smallest absolute Gasteiger partial charge is 0.223 e. The zero-order valence-corrected chi connectivity index (χ0v) is 12.3. The molecule has 1 aliphatic heterocycles. The maximum absolute atomic E-state index is 12.4. The van der Waals surface area contributed by atoms with Crippen molar-refractivity contribution in [2.75, 3.05) is 31.1 Å². The number of carbonyl (C=O) groups excluding carboxylic acids is 1. The largest absolute Gasteiger partial charge is 0.353 e. The maximum Gasteiger partial charge on any atom is 0.223 e. The summed E-state index contributed by atoms with van der Waals surface area (Å²) in [5, 5.41) is 8.09. The molecule has 1 unspecified atom stereocenters. The fourth-order valence-corrected chi connectivity index (χ4v) is 3.08. The third kappa shape index (κ3) is 3.60. The van der Waals surface area contributed by atoms with Crippen LogP contribution in [0.4, 0.5) is 5.82 Å². The zero-order chi connectivity index (χ0) is 14.5. The first kappa shape index (κ1) is 14.0. The summed E-state index contributed by atoms with van der Waals surface area (Å²) < 4.78 is 0. The Balaban J connectivity index is 1.55. The monoisotopic (exact) mass is 286 g/mol. The van der Waals surface area contributed by atoms with Crippen molar-refractivity contribution < 1.29 is 4.79 Å². The van der Waals surface area contributed by atoms with Gasteiger partial charge in [0, 0.05) is 38.8 Å². The first-order valence-electron chi connectivity index (χ1n) is 7.80. The molecule has 0 bridgehead atoms. The topological polar surface area (TPSA) is 49.3 Å². The lowest BCUT2D eigenvalue weighted by Crippen LogP contribution is -2.36. The number of aromatic nitrogens is 2. The van der Waals surface area contributed by atoms with Gasteiger partial charge in [-0.2, -0.15) is 5.10 Å². The van der Waals surface area contributed by atoms with E-state index < -0.39 is 0 Å². The lowest BCUT2D eigenvalue weighted by Gasteiger charge is -2.23. The van der Waals surface area contributed by atoms with Gasteiger partial charge in [-0.3, -0.25) is 4.79 Å². The minimum atomic E-state index is 0.299. The molecule has 0 radical (unpaired) electrons. The number of rotatable bonds is 3. The van der Waals surface area contributed by atoms with Crippen LogP contribution in [-0.2, 0) is 4.79 Å². The van der Waals surface area contributed by atoms with Crippen molar-refractivity contribution in [2.45, 2.75) is 25.7 Å². The molecule has 1 fully saturated rings. The predicted octanol–water partition coefficient (Wildman–Crippen LogP) is 1.87. The Morgan fingerprint density at radius 1 is 1.29 bits per heavy atom. The van der Waals surface area contributed by atoms with Gasteiger partial charge in [0.2, 0.25) is 5.91 Å². The molecule has 2 heterocycles. The van der Waals surface area contributed by atoms with E-state index >= 15 is 0 Å². The molecule has 1 aromatic heterocycles. The highest BCUT2D eigenvalue weighted by atomic mass is 16.2. The molecule has 5 heteroatoms. The first-order valence-corrected chi connectivity index (χ1v) is 7.80. The highest BCUT2D eigenvalue weighted by Crippen LogP contribution is 2.22. The summed E-state index contributed by atoms with van der Waals surface area (Å²) in [5.74, 6) is 1.66. The zero-order valence-electron chi connectivity index (χ0n) is 12.3. The molecule has 0 spiro atoms. The van der Waals surface area contributed by atoms with Gasteiger partial charge in [-0.15, -0.1) is 5.10 Å². The maximum atomic E-state index is 12.4. The Labute approximate surface area is 125 Å². The second kappa shape index (κ2) is 6.70. The molecule has 1 aromatic rings. The van der Waals surface area contributed by atoms with E-state index in [4.69, 9.17) is 0 Å². The van der Waals surface area contributed by atoms with E-state index in [1.165, 1.54) is 0 Å². The average molecular weight is 286 g/mol. The van der Waals surface area contributed by atoms with Crippen molar-refractivity contribution in [1.29, 1.82) is 0 Å². The van der Waals surface area contributed by atoms with Crippen LogP contribution in [0.5, 0.6) is 0 Å². The summed E-state index contributed by atoms with van der Waals surface area (Å²) in [4.78, 5) is 16.6. The van der Waals surface area contributed by atoms with Gasteiger partial charge < -0.3 is 9.80 Å². The number of carbonyl (C=O) groups is 1. The van der Waals surface area contributed by atoms with Gasteiger partial charge in [0.05, 0.1) is 0 Å². The fourth-order valence-electron chi connectivity index (χ4n) is 3.08. The summed E-state index contributed by atoms with van der Waals surface area (Å²) in [5.41, 5.74) is 0. The third-order valence-corrected chi connectivity index (χ3v) is 4.28. The van der Waals surface area contributed by atoms with E-state index in [2.05, 4.69) is 27.2 Å². The van der Waals surface area contributed by atoms with E-state index in [0.29, 0.717) is 18.2 Å². The molecular weight excluding hydrogens is 264 g/mol. The van der Waals surface area contributed by atoms with Gasteiger partial charge >= 0.3 is 0 Å². The lowest BCUT2D eigenvalue weighted by molar-refractivity contribution is -0.131. The summed E-state index contributed by atoms with van der Waals surface area (Å²) in [6, 6.07) is 3.89. The Morgan fingerprint density at radius 2 is 2.24 bits per heavy atom. The normalized spacial score (nSPS) is 22.4. The van der Waals surface area contributed by atoms with Crippen molar-refractivity contribution >= 4 is 11.7 Å². The first-order chi connectivity index (χ1) is 10.3. The van der Waals surface area contributed by atoms with E-state index in [1.807, 2.05) is 17.0 Å². The number of allylic oxidation sites excluding steroid dienone is 2. The van der Waals surface area contributed by atoms with Gasteiger partial charge in [-0.25, -0.2) is 0 Å². The molecule has 21 heavy (non-hydrogen) atoms. The van der Waals surface area contributed by atoms with Crippen LogP contribution in [0.3, 0.4) is 0 Å². The van der Waals surface area contributed by atoms with Gasteiger partial charge in [0.1, 0.15) is 0 Å².